The lowest BCUT2D eigenvalue weighted by Crippen LogP contribution is -2.41. The Morgan fingerprint density at radius 3 is 2.32 bits per heavy atom. The molecule has 2 fully saturated rings. The van der Waals surface area contributed by atoms with Crippen LogP contribution in [-0.2, 0) is 22.6 Å². The predicted molar refractivity (Wildman–Crippen MR) is 176 cm³/mol. The van der Waals surface area contributed by atoms with Gasteiger partial charge in [0.1, 0.15) is 0 Å². The molecule has 0 radical (unpaired) electrons. The van der Waals surface area contributed by atoms with Crippen molar-refractivity contribution in [3.63, 3.8) is 0 Å². The third kappa shape index (κ3) is 9.58. The number of hydrogen-bond donors (Lipinski definition) is 2. The van der Waals surface area contributed by atoms with E-state index in [1.54, 1.807) is 0 Å². The molecule has 3 aromatic rings. The largest absolute Gasteiger partial charge is 0.377 e. The minimum absolute atomic E-state index is 0.00710. The second-order valence-electron chi connectivity index (χ2n) is 12.4. The molecule has 2 amide bonds. The van der Waals surface area contributed by atoms with Crippen molar-refractivity contribution in [2.45, 2.75) is 65.0 Å². The Bertz CT molecular complexity index is 1320. The molecule has 0 unspecified atom stereocenters. The Balaban J connectivity index is 0.942. The van der Waals surface area contributed by atoms with Gasteiger partial charge in [-0.25, -0.2) is 0 Å². The second kappa shape index (κ2) is 16.1. The number of aromatic nitrogens is 2. The molecule has 0 atom stereocenters. The number of amides is 2. The minimum atomic E-state index is -0.0810. The van der Waals surface area contributed by atoms with Crippen molar-refractivity contribution in [1.29, 1.82) is 0 Å². The summed E-state index contributed by atoms with van der Waals surface area (Å²) >= 11 is 1.43. The van der Waals surface area contributed by atoms with E-state index in [1.165, 1.54) is 11.3 Å². The molecule has 0 bridgehead atoms. The highest BCUT2D eigenvalue weighted by molar-refractivity contribution is 7.19. The Labute approximate surface area is 265 Å². The van der Waals surface area contributed by atoms with Crippen LogP contribution in [0.4, 0.5) is 10.3 Å². The first-order chi connectivity index (χ1) is 21.4. The molecule has 236 valence electrons. The molecule has 1 aromatic heterocycles. The van der Waals surface area contributed by atoms with Crippen LogP contribution >= 0.6 is 11.3 Å². The van der Waals surface area contributed by atoms with E-state index in [1.807, 2.05) is 54.6 Å². The van der Waals surface area contributed by atoms with Crippen molar-refractivity contribution in [2.24, 2.45) is 11.8 Å². The fourth-order valence-electron chi connectivity index (χ4n) is 5.96. The van der Waals surface area contributed by atoms with E-state index in [2.05, 4.69) is 44.5 Å². The molecule has 10 heteroatoms. The van der Waals surface area contributed by atoms with E-state index in [0.717, 1.165) is 87.7 Å². The molecular formula is C34H46N6O3S. The van der Waals surface area contributed by atoms with Crippen LogP contribution in [0.3, 0.4) is 0 Å². The summed E-state index contributed by atoms with van der Waals surface area (Å²) in [5.74, 6) is 1.11. The minimum Gasteiger partial charge on any atom is -0.377 e. The van der Waals surface area contributed by atoms with Crippen LogP contribution < -0.4 is 15.5 Å². The molecule has 9 nitrogen and oxygen atoms in total. The molecule has 0 spiro atoms. The molecule has 0 saturated carbocycles. The molecule has 2 aromatic carbocycles. The van der Waals surface area contributed by atoms with E-state index in [0.29, 0.717) is 41.6 Å². The van der Waals surface area contributed by atoms with E-state index in [9.17, 15) is 9.59 Å². The standard InChI is InChI=1S/C34H46N6O3S/c1-25(2)39-17-14-28(15-18-39)23-35-32(42)30-10-8-29(9-11-30)24-43-21-16-26-12-19-40(20-13-26)34-38-37-33(44-34)36-31(41)22-27-6-4-3-5-7-27/h3-11,25-26,28H,12-24H2,1-2H3,(H,35,42)(H,36,37,41). The van der Waals surface area contributed by atoms with Crippen LogP contribution in [0.1, 0.15) is 67.4 Å². The molecule has 3 heterocycles. The topological polar surface area (TPSA) is 99.7 Å². The zero-order chi connectivity index (χ0) is 30.7. The third-order valence-corrected chi connectivity index (χ3v) is 9.74. The maximum atomic E-state index is 12.6. The molecule has 0 aliphatic carbocycles. The van der Waals surface area contributed by atoms with Gasteiger partial charge in [-0.15, -0.1) is 10.2 Å². The summed E-state index contributed by atoms with van der Waals surface area (Å²) in [5, 5.41) is 15.9. The van der Waals surface area contributed by atoms with Crippen molar-refractivity contribution in [3.05, 3.63) is 71.3 Å². The SMILES string of the molecule is CC(C)N1CCC(CNC(=O)c2ccc(COCCC3CCN(c4nnc(NC(=O)Cc5ccccc5)s4)CC3)cc2)CC1. The lowest BCUT2D eigenvalue weighted by Gasteiger charge is -2.34. The summed E-state index contributed by atoms with van der Waals surface area (Å²) in [5.41, 5.74) is 2.76. The summed E-state index contributed by atoms with van der Waals surface area (Å²) in [6.45, 7) is 10.6. The molecule has 2 N–H and O–H groups in total. The number of benzene rings is 2. The van der Waals surface area contributed by atoms with Crippen molar-refractivity contribution in [3.8, 4) is 0 Å². The normalized spacial score (nSPS) is 16.8. The number of ether oxygens (including phenoxy) is 1. The number of nitrogens with one attached hydrogen (secondary N) is 2. The number of rotatable bonds is 13. The van der Waals surface area contributed by atoms with Crippen molar-refractivity contribution >= 4 is 33.4 Å². The number of carbonyl (C=O) groups excluding carboxylic acids is 2. The van der Waals surface area contributed by atoms with Crippen LogP contribution in [0.25, 0.3) is 0 Å². The van der Waals surface area contributed by atoms with Crippen LogP contribution in [-0.4, -0.2) is 72.3 Å². The van der Waals surface area contributed by atoms with Gasteiger partial charge in [0.25, 0.3) is 5.91 Å². The van der Waals surface area contributed by atoms with E-state index in [-0.39, 0.29) is 11.8 Å². The van der Waals surface area contributed by atoms with Gasteiger partial charge in [-0.05, 0) is 94.1 Å². The molecule has 2 aliphatic rings. The zero-order valence-electron chi connectivity index (χ0n) is 26.0. The predicted octanol–water partition coefficient (Wildman–Crippen LogP) is 5.39. The van der Waals surface area contributed by atoms with Gasteiger partial charge >= 0.3 is 0 Å². The van der Waals surface area contributed by atoms with Crippen LogP contribution in [0, 0.1) is 11.8 Å². The molecule has 5 rings (SSSR count). The average molecular weight is 619 g/mol. The average Bonchev–Trinajstić information content (AvgIpc) is 3.51. The fraction of sp³-hybridized carbons (Fsp3) is 0.529. The van der Waals surface area contributed by atoms with Gasteiger partial charge in [-0.2, -0.15) is 0 Å². The van der Waals surface area contributed by atoms with E-state index in [4.69, 9.17) is 4.74 Å². The van der Waals surface area contributed by atoms with Gasteiger partial charge in [-0.3, -0.25) is 9.59 Å². The Morgan fingerprint density at radius 2 is 1.61 bits per heavy atom. The molecule has 44 heavy (non-hydrogen) atoms. The van der Waals surface area contributed by atoms with Gasteiger partial charge in [0.15, 0.2) is 0 Å². The summed E-state index contributed by atoms with van der Waals surface area (Å²) in [7, 11) is 0. The number of nitrogens with zero attached hydrogens (tertiary/aromatic N) is 4. The quantitative estimate of drug-likeness (QED) is 0.248. The molecule has 2 saturated heterocycles. The summed E-state index contributed by atoms with van der Waals surface area (Å²) in [6.07, 6.45) is 5.81. The summed E-state index contributed by atoms with van der Waals surface area (Å²) in [6, 6.07) is 18.1. The monoisotopic (exact) mass is 618 g/mol. The van der Waals surface area contributed by atoms with Gasteiger partial charge in [0, 0.05) is 37.8 Å². The summed E-state index contributed by atoms with van der Waals surface area (Å²) < 4.78 is 5.99. The molecule has 2 aliphatic heterocycles. The number of likely N-dealkylation sites (tertiary alicyclic amines) is 1. The van der Waals surface area contributed by atoms with Gasteiger partial charge in [0.05, 0.1) is 13.0 Å². The highest BCUT2D eigenvalue weighted by Gasteiger charge is 2.23. The first-order valence-corrected chi connectivity index (χ1v) is 16.9. The van der Waals surface area contributed by atoms with Crippen LogP contribution in [0.15, 0.2) is 54.6 Å². The first-order valence-electron chi connectivity index (χ1n) is 16.0. The van der Waals surface area contributed by atoms with Crippen LogP contribution in [0.5, 0.6) is 0 Å². The highest BCUT2D eigenvalue weighted by Crippen LogP contribution is 2.29. The Hall–Kier alpha value is -3.34. The highest BCUT2D eigenvalue weighted by atomic mass is 32.1. The summed E-state index contributed by atoms with van der Waals surface area (Å²) in [4.78, 5) is 29.8. The van der Waals surface area contributed by atoms with E-state index < -0.39 is 0 Å². The lowest BCUT2D eigenvalue weighted by atomic mass is 9.94. The van der Waals surface area contributed by atoms with Crippen molar-refractivity contribution in [2.75, 3.05) is 49.5 Å². The fourth-order valence-corrected chi connectivity index (χ4v) is 6.77. The Morgan fingerprint density at radius 1 is 0.909 bits per heavy atom. The second-order valence-corrected chi connectivity index (χ2v) is 13.3. The van der Waals surface area contributed by atoms with E-state index >= 15 is 0 Å². The van der Waals surface area contributed by atoms with Crippen LogP contribution in [0.2, 0.25) is 0 Å². The zero-order valence-corrected chi connectivity index (χ0v) is 26.9. The van der Waals surface area contributed by atoms with Gasteiger partial charge < -0.3 is 25.2 Å². The maximum Gasteiger partial charge on any atom is 0.251 e. The maximum absolute atomic E-state index is 12.6. The lowest BCUT2D eigenvalue weighted by molar-refractivity contribution is -0.115. The molecular weight excluding hydrogens is 572 g/mol. The van der Waals surface area contributed by atoms with Crippen molar-refractivity contribution < 1.29 is 14.3 Å². The number of carbonyl (C=O) groups is 2. The Kier molecular flexibility index (Phi) is 11.7. The number of piperidine rings is 2. The smallest absolute Gasteiger partial charge is 0.251 e. The first kappa shape index (κ1) is 32.1. The van der Waals surface area contributed by atoms with Gasteiger partial charge in [0.2, 0.25) is 16.2 Å². The third-order valence-electron chi connectivity index (χ3n) is 8.84. The van der Waals surface area contributed by atoms with Crippen molar-refractivity contribution in [1.82, 2.24) is 20.4 Å². The number of hydrogen-bond acceptors (Lipinski definition) is 8. The van der Waals surface area contributed by atoms with Gasteiger partial charge in [-0.1, -0.05) is 53.8 Å². The number of anilines is 2.